The van der Waals surface area contributed by atoms with Gasteiger partial charge in [0.15, 0.2) is 0 Å². The van der Waals surface area contributed by atoms with Gasteiger partial charge in [0.25, 0.3) is 10.1 Å². The highest BCUT2D eigenvalue weighted by Crippen LogP contribution is 2.14. The number of carboxylic acid groups (broad SMARTS) is 1. The molecule has 82 valence electrons. The van der Waals surface area contributed by atoms with E-state index in [0.717, 1.165) is 12.1 Å². The average Bonchev–Trinajstić information content (AvgIpc) is 2.15. The first-order valence-electron chi connectivity index (χ1n) is 3.88. The minimum Gasteiger partial charge on any atom is -0.480 e. The SMILES string of the molecule is N[C@H](C(=O)O)c1ccc(S(=O)(=O)O)cc1. The molecule has 15 heavy (non-hydrogen) atoms. The van der Waals surface area contributed by atoms with Crippen molar-refractivity contribution in [2.75, 3.05) is 0 Å². The van der Waals surface area contributed by atoms with Gasteiger partial charge in [-0.25, -0.2) is 0 Å². The van der Waals surface area contributed by atoms with Gasteiger partial charge in [-0.15, -0.1) is 0 Å². The van der Waals surface area contributed by atoms with Crippen LogP contribution in [0.25, 0.3) is 0 Å². The predicted molar refractivity (Wildman–Crippen MR) is 50.8 cm³/mol. The summed E-state index contributed by atoms with van der Waals surface area (Å²) in [7, 11) is -4.25. The summed E-state index contributed by atoms with van der Waals surface area (Å²) in [5.74, 6) is -1.21. The second-order valence-electron chi connectivity index (χ2n) is 2.86. The highest BCUT2D eigenvalue weighted by atomic mass is 32.2. The summed E-state index contributed by atoms with van der Waals surface area (Å²) in [4.78, 5) is 10.2. The molecule has 0 unspecified atom stereocenters. The van der Waals surface area contributed by atoms with E-state index in [0.29, 0.717) is 0 Å². The maximum Gasteiger partial charge on any atom is 0.325 e. The third kappa shape index (κ3) is 2.75. The number of carboxylic acids is 1. The number of aliphatic carboxylic acids is 1. The molecule has 0 fully saturated rings. The van der Waals surface area contributed by atoms with E-state index in [1.165, 1.54) is 12.1 Å². The van der Waals surface area contributed by atoms with Crippen molar-refractivity contribution in [1.82, 2.24) is 0 Å². The Morgan fingerprint density at radius 2 is 1.73 bits per heavy atom. The van der Waals surface area contributed by atoms with Crippen molar-refractivity contribution in [3.63, 3.8) is 0 Å². The van der Waals surface area contributed by atoms with Crippen LogP contribution in [0.2, 0.25) is 0 Å². The Morgan fingerprint density at radius 3 is 2.07 bits per heavy atom. The average molecular weight is 231 g/mol. The molecular weight excluding hydrogens is 222 g/mol. The van der Waals surface area contributed by atoms with E-state index in [2.05, 4.69) is 0 Å². The van der Waals surface area contributed by atoms with Crippen LogP contribution in [-0.4, -0.2) is 24.0 Å². The highest BCUT2D eigenvalue weighted by Gasteiger charge is 2.15. The Kier molecular flexibility index (Phi) is 3.08. The first kappa shape index (κ1) is 11.6. The molecule has 1 aromatic rings. The lowest BCUT2D eigenvalue weighted by Gasteiger charge is -2.06. The summed E-state index contributed by atoms with van der Waals surface area (Å²) >= 11 is 0. The Hall–Kier alpha value is -1.44. The van der Waals surface area contributed by atoms with Crippen molar-refractivity contribution in [3.8, 4) is 0 Å². The van der Waals surface area contributed by atoms with Crippen LogP contribution in [-0.2, 0) is 14.9 Å². The highest BCUT2D eigenvalue weighted by molar-refractivity contribution is 7.85. The lowest BCUT2D eigenvalue weighted by Crippen LogP contribution is -2.20. The molecule has 0 aliphatic rings. The molecule has 4 N–H and O–H groups in total. The van der Waals surface area contributed by atoms with Crippen molar-refractivity contribution in [1.29, 1.82) is 0 Å². The maximum atomic E-state index is 10.7. The van der Waals surface area contributed by atoms with Gasteiger partial charge in [0.05, 0.1) is 4.90 Å². The zero-order valence-electron chi connectivity index (χ0n) is 7.49. The second-order valence-corrected chi connectivity index (χ2v) is 4.28. The Morgan fingerprint density at radius 1 is 1.27 bits per heavy atom. The summed E-state index contributed by atoms with van der Waals surface area (Å²) in [5.41, 5.74) is 5.54. The van der Waals surface area contributed by atoms with Crippen LogP contribution in [0.15, 0.2) is 29.2 Å². The van der Waals surface area contributed by atoms with Crippen molar-refractivity contribution in [3.05, 3.63) is 29.8 Å². The molecule has 7 heteroatoms. The molecule has 0 aliphatic carbocycles. The molecule has 1 atom stereocenters. The van der Waals surface area contributed by atoms with Gasteiger partial charge in [-0.2, -0.15) is 8.42 Å². The van der Waals surface area contributed by atoms with Crippen molar-refractivity contribution in [2.24, 2.45) is 5.73 Å². The maximum absolute atomic E-state index is 10.7. The fourth-order valence-corrected chi connectivity index (χ4v) is 1.47. The van der Waals surface area contributed by atoms with E-state index in [1.54, 1.807) is 0 Å². The van der Waals surface area contributed by atoms with Crippen molar-refractivity contribution < 1.29 is 22.9 Å². The van der Waals surface area contributed by atoms with E-state index in [4.69, 9.17) is 15.4 Å². The first-order valence-corrected chi connectivity index (χ1v) is 5.32. The normalized spacial score (nSPS) is 13.5. The number of nitrogens with two attached hydrogens (primary N) is 1. The lowest BCUT2D eigenvalue weighted by molar-refractivity contribution is -0.138. The zero-order valence-corrected chi connectivity index (χ0v) is 8.31. The Bertz CT molecular complexity index is 464. The van der Waals surface area contributed by atoms with Crippen LogP contribution in [0.1, 0.15) is 11.6 Å². The smallest absolute Gasteiger partial charge is 0.325 e. The van der Waals surface area contributed by atoms with Gasteiger partial charge in [-0.1, -0.05) is 12.1 Å². The molecule has 6 nitrogen and oxygen atoms in total. The predicted octanol–water partition coefficient (Wildman–Crippen LogP) is 0.0177. The molecule has 0 spiro atoms. The van der Waals surface area contributed by atoms with Crippen LogP contribution in [0.3, 0.4) is 0 Å². The van der Waals surface area contributed by atoms with Gasteiger partial charge in [0.1, 0.15) is 6.04 Å². The molecule has 1 rings (SSSR count). The van der Waals surface area contributed by atoms with Crippen LogP contribution < -0.4 is 5.73 Å². The third-order valence-electron chi connectivity index (χ3n) is 1.80. The standard InChI is InChI=1S/C8H9NO5S/c9-7(8(10)11)5-1-3-6(4-2-5)15(12,13)14/h1-4,7H,9H2,(H,10,11)(H,12,13,14)/t7-/m0/s1. The minimum absolute atomic E-state index is 0.259. The monoisotopic (exact) mass is 231 g/mol. The second kappa shape index (κ2) is 3.97. The molecule has 0 heterocycles. The summed E-state index contributed by atoms with van der Waals surface area (Å²) in [6.45, 7) is 0. The Labute approximate surface area is 86.1 Å². The molecule has 1 aromatic carbocycles. The quantitative estimate of drug-likeness (QED) is 0.631. The molecule has 0 radical (unpaired) electrons. The molecule has 0 aromatic heterocycles. The fraction of sp³-hybridized carbons (Fsp3) is 0.125. The number of benzene rings is 1. The molecular formula is C8H9NO5S. The van der Waals surface area contributed by atoms with Crippen LogP contribution in [0.4, 0.5) is 0 Å². The van der Waals surface area contributed by atoms with Gasteiger partial charge in [-0.3, -0.25) is 9.35 Å². The number of hydrogen-bond acceptors (Lipinski definition) is 4. The summed E-state index contributed by atoms with van der Waals surface area (Å²) in [5, 5.41) is 8.57. The number of hydrogen-bond donors (Lipinski definition) is 3. The van der Waals surface area contributed by atoms with E-state index in [1.807, 2.05) is 0 Å². The van der Waals surface area contributed by atoms with Gasteiger partial charge < -0.3 is 10.8 Å². The topological polar surface area (TPSA) is 118 Å². The number of rotatable bonds is 3. The van der Waals surface area contributed by atoms with Crippen LogP contribution >= 0.6 is 0 Å². The van der Waals surface area contributed by atoms with Crippen LogP contribution in [0.5, 0.6) is 0 Å². The fourth-order valence-electron chi connectivity index (χ4n) is 0.990. The molecule has 0 bridgehead atoms. The summed E-state index contributed by atoms with van der Waals surface area (Å²) in [6.07, 6.45) is 0. The molecule has 0 saturated heterocycles. The summed E-state index contributed by atoms with van der Waals surface area (Å²) < 4.78 is 30.0. The van der Waals surface area contributed by atoms with Crippen molar-refractivity contribution in [2.45, 2.75) is 10.9 Å². The zero-order chi connectivity index (χ0) is 11.6. The Balaban J connectivity index is 3.06. The minimum atomic E-state index is -4.25. The molecule has 0 aliphatic heterocycles. The first-order chi connectivity index (χ1) is 6.82. The summed E-state index contributed by atoms with van der Waals surface area (Å²) in [6, 6.07) is 3.45. The van der Waals surface area contributed by atoms with Gasteiger partial charge in [0, 0.05) is 0 Å². The largest absolute Gasteiger partial charge is 0.480 e. The molecule has 0 amide bonds. The van der Waals surface area contributed by atoms with Gasteiger partial charge in [0.2, 0.25) is 0 Å². The van der Waals surface area contributed by atoms with Gasteiger partial charge in [-0.05, 0) is 17.7 Å². The lowest BCUT2D eigenvalue weighted by atomic mass is 10.1. The van der Waals surface area contributed by atoms with Crippen LogP contribution in [0, 0.1) is 0 Å². The van der Waals surface area contributed by atoms with E-state index in [9.17, 15) is 13.2 Å². The van der Waals surface area contributed by atoms with Crippen molar-refractivity contribution >= 4 is 16.1 Å². The van der Waals surface area contributed by atoms with E-state index in [-0.39, 0.29) is 10.5 Å². The van der Waals surface area contributed by atoms with E-state index >= 15 is 0 Å². The van der Waals surface area contributed by atoms with E-state index < -0.39 is 22.1 Å². The number of carbonyl (C=O) groups is 1. The van der Waals surface area contributed by atoms with Gasteiger partial charge >= 0.3 is 5.97 Å². The molecule has 0 saturated carbocycles. The third-order valence-corrected chi connectivity index (χ3v) is 2.67.